The van der Waals surface area contributed by atoms with Crippen molar-refractivity contribution in [3.05, 3.63) is 59.7 Å². The second-order valence-corrected chi connectivity index (χ2v) is 5.18. The van der Waals surface area contributed by atoms with Crippen LogP contribution in [0.2, 0.25) is 0 Å². The fourth-order valence-electron chi connectivity index (χ4n) is 2.68. The Hall–Kier alpha value is -2.00. The molecule has 3 nitrogen and oxygen atoms in total. The largest absolute Gasteiger partial charge is 0.497 e. The Kier molecular flexibility index (Phi) is 3.61. The quantitative estimate of drug-likeness (QED) is 0.931. The Morgan fingerprint density at radius 3 is 2.65 bits per heavy atom. The highest BCUT2D eigenvalue weighted by Crippen LogP contribution is 2.32. The first-order valence-electron chi connectivity index (χ1n) is 6.88. The zero-order valence-electron chi connectivity index (χ0n) is 11.6. The van der Waals surface area contributed by atoms with Crippen LogP contribution >= 0.6 is 0 Å². The minimum atomic E-state index is -0.0192. The molecule has 2 aromatic rings. The van der Waals surface area contributed by atoms with Gasteiger partial charge in [0.1, 0.15) is 11.5 Å². The minimum Gasteiger partial charge on any atom is -0.497 e. The molecule has 1 aliphatic heterocycles. The molecule has 1 heterocycles. The molecular weight excluding hydrogens is 250 g/mol. The molecule has 0 fully saturated rings. The van der Waals surface area contributed by atoms with Gasteiger partial charge in [-0.2, -0.15) is 0 Å². The summed E-state index contributed by atoms with van der Waals surface area (Å²) in [7, 11) is 1.67. The van der Waals surface area contributed by atoms with Gasteiger partial charge >= 0.3 is 0 Å². The van der Waals surface area contributed by atoms with E-state index < -0.39 is 0 Å². The highest BCUT2D eigenvalue weighted by Gasteiger charge is 2.25. The summed E-state index contributed by atoms with van der Waals surface area (Å²) in [5.41, 5.74) is 8.76. The van der Waals surface area contributed by atoms with Crippen molar-refractivity contribution in [3.63, 3.8) is 0 Å². The van der Waals surface area contributed by atoms with E-state index in [1.54, 1.807) is 7.11 Å². The molecule has 1 aliphatic rings. The fourth-order valence-corrected chi connectivity index (χ4v) is 2.68. The van der Waals surface area contributed by atoms with E-state index in [2.05, 4.69) is 6.07 Å². The molecule has 0 aromatic heterocycles. The molecule has 0 radical (unpaired) electrons. The van der Waals surface area contributed by atoms with Crippen molar-refractivity contribution in [2.45, 2.75) is 12.5 Å². The number of benzene rings is 2. The average molecular weight is 269 g/mol. The first-order chi connectivity index (χ1) is 9.78. The van der Waals surface area contributed by atoms with Crippen molar-refractivity contribution in [3.8, 4) is 11.5 Å². The Balaban J connectivity index is 1.76. The van der Waals surface area contributed by atoms with E-state index in [4.69, 9.17) is 15.2 Å². The lowest BCUT2D eigenvalue weighted by molar-refractivity contribution is 0.200. The second-order valence-electron chi connectivity index (χ2n) is 5.18. The summed E-state index contributed by atoms with van der Waals surface area (Å²) in [5.74, 6) is 2.15. The Labute approximate surface area is 119 Å². The lowest BCUT2D eigenvalue weighted by Gasteiger charge is -2.29. The Morgan fingerprint density at radius 2 is 1.90 bits per heavy atom. The van der Waals surface area contributed by atoms with Crippen molar-refractivity contribution in [2.24, 2.45) is 11.7 Å². The Morgan fingerprint density at radius 1 is 1.15 bits per heavy atom. The molecule has 2 aromatic carbocycles. The molecular formula is C17H19NO2. The number of para-hydroxylation sites is 1. The van der Waals surface area contributed by atoms with Gasteiger partial charge in [0.2, 0.25) is 0 Å². The normalized spacial score (nSPS) is 18.8. The number of fused-ring (bicyclic) bond motifs is 1. The number of rotatable bonds is 3. The molecule has 20 heavy (non-hydrogen) atoms. The van der Waals surface area contributed by atoms with Crippen LogP contribution in [0.25, 0.3) is 0 Å². The van der Waals surface area contributed by atoms with Gasteiger partial charge in [0.25, 0.3) is 0 Å². The first kappa shape index (κ1) is 13.0. The molecule has 0 spiro atoms. The average Bonchev–Trinajstić information content (AvgIpc) is 2.54. The van der Waals surface area contributed by atoms with Gasteiger partial charge in [-0.05, 0) is 35.7 Å². The summed E-state index contributed by atoms with van der Waals surface area (Å²) in [6.45, 7) is 0.671. The fraction of sp³-hybridized carbons (Fsp3) is 0.294. The van der Waals surface area contributed by atoms with Gasteiger partial charge in [0.15, 0.2) is 0 Å². The lowest BCUT2D eigenvalue weighted by Crippen LogP contribution is -2.31. The third-order valence-electron chi connectivity index (χ3n) is 3.92. The number of ether oxygens (including phenoxy) is 2. The minimum absolute atomic E-state index is 0.0192. The molecule has 0 saturated heterocycles. The molecule has 0 saturated carbocycles. The summed E-state index contributed by atoms with van der Waals surface area (Å²) in [6, 6.07) is 16.1. The third-order valence-corrected chi connectivity index (χ3v) is 3.92. The van der Waals surface area contributed by atoms with Crippen LogP contribution in [-0.4, -0.2) is 13.7 Å². The van der Waals surface area contributed by atoms with Gasteiger partial charge in [0.05, 0.1) is 13.7 Å². The zero-order chi connectivity index (χ0) is 13.9. The highest BCUT2D eigenvalue weighted by atomic mass is 16.5. The van der Waals surface area contributed by atoms with Gasteiger partial charge < -0.3 is 15.2 Å². The molecule has 2 N–H and O–H groups in total. The maximum atomic E-state index is 6.40. The number of hydrogen-bond acceptors (Lipinski definition) is 3. The van der Waals surface area contributed by atoms with Gasteiger partial charge in [-0.25, -0.2) is 0 Å². The maximum Gasteiger partial charge on any atom is 0.122 e. The van der Waals surface area contributed by atoms with Crippen LogP contribution in [0.1, 0.15) is 17.2 Å². The summed E-state index contributed by atoms with van der Waals surface area (Å²) in [6.07, 6.45) is 0.962. The van der Waals surface area contributed by atoms with Gasteiger partial charge in [-0.3, -0.25) is 0 Å². The molecule has 0 aliphatic carbocycles. The number of methoxy groups -OCH3 is 1. The van der Waals surface area contributed by atoms with Gasteiger partial charge in [-0.15, -0.1) is 0 Å². The molecule has 3 heteroatoms. The van der Waals surface area contributed by atoms with E-state index in [1.165, 1.54) is 5.56 Å². The van der Waals surface area contributed by atoms with E-state index in [0.717, 1.165) is 23.5 Å². The smallest absolute Gasteiger partial charge is 0.122 e. The summed E-state index contributed by atoms with van der Waals surface area (Å²) in [4.78, 5) is 0. The van der Waals surface area contributed by atoms with Crippen molar-refractivity contribution in [1.82, 2.24) is 0 Å². The molecule has 104 valence electrons. The van der Waals surface area contributed by atoms with Gasteiger partial charge in [0, 0.05) is 12.0 Å². The van der Waals surface area contributed by atoms with Crippen LogP contribution in [0.15, 0.2) is 48.5 Å². The van der Waals surface area contributed by atoms with E-state index >= 15 is 0 Å². The van der Waals surface area contributed by atoms with Crippen molar-refractivity contribution < 1.29 is 9.47 Å². The van der Waals surface area contributed by atoms with E-state index in [9.17, 15) is 0 Å². The Bertz CT molecular complexity index is 580. The van der Waals surface area contributed by atoms with E-state index in [-0.39, 0.29) is 6.04 Å². The first-order valence-corrected chi connectivity index (χ1v) is 6.88. The predicted molar refractivity (Wildman–Crippen MR) is 79.1 cm³/mol. The number of hydrogen-bond donors (Lipinski definition) is 1. The number of nitrogens with two attached hydrogens (primary N) is 1. The second kappa shape index (κ2) is 5.55. The summed E-state index contributed by atoms with van der Waals surface area (Å²) < 4.78 is 11.0. The summed E-state index contributed by atoms with van der Waals surface area (Å²) in [5, 5.41) is 0. The lowest BCUT2D eigenvalue weighted by atomic mass is 9.87. The molecule has 2 atom stereocenters. The van der Waals surface area contributed by atoms with Crippen LogP contribution in [0.4, 0.5) is 0 Å². The van der Waals surface area contributed by atoms with E-state index in [0.29, 0.717) is 12.5 Å². The van der Waals surface area contributed by atoms with E-state index in [1.807, 2.05) is 42.5 Å². The van der Waals surface area contributed by atoms with Crippen molar-refractivity contribution >= 4 is 0 Å². The van der Waals surface area contributed by atoms with Crippen molar-refractivity contribution in [1.29, 1.82) is 0 Å². The third kappa shape index (κ3) is 2.49. The predicted octanol–water partition coefficient (Wildman–Crippen LogP) is 2.95. The van der Waals surface area contributed by atoms with Crippen LogP contribution in [0, 0.1) is 5.92 Å². The SMILES string of the molecule is COc1ccc(C(N)C2COc3ccccc3C2)cc1. The maximum absolute atomic E-state index is 6.40. The summed E-state index contributed by atoms with van der Waals surface area (Å²) >= 11 is 0. The highest BCUT2D eigenvalue weighted by molar-refractivity contribution is 5.36. The van der Waals surface area contributed by atoms with Gasteiger partial charge in [-0.1, -0.05) is 30.3 Å². The van der Waals surface area contributed by atoms with Crippen LogP contribution in [0.5, 0.6) is 11.5 Å². The zero-order valence-corrected chi connectivity index (χ0v) is 11.6. The van der Waals surface area contributed by atoms with Crippen molar-refractivity contribution in [2.75, 3.05) is 13.7 Å². The van der Waals surface area contributed by atoms with Crippen LogP contribution in [-0.2, 0) is 6.42 Å². The molecule has 0 amide bonds. The molecule has 2 unspecified atom stereocenters. The van der Waals surface area contributed by atoms with Crippen LogP contribution in [0.3, 0.4) is 0 Å². The monoisotopic (exact) mass is 269 g/mol. The standard InChI is InChI=1S/C17H19NO2/c1-19-15-8-6-12(7-9-15)17(18)14-10-13-4-2-3-5-16(13)20-11-14/h2-9,14,17H,10-11,18H2,1H3. The van der Waals surface area contributed by atoms with Crippen LogP contribution < -0.4 is 15.2 Å². The molecule has 3 rings (SSSR count). The topological polar surface area (TPSA) is 44.5 Å². The molecule has 0 bridgehead atoms.